The second-order valence-electron chi connectivity index (χ2n) is 14.5. The normalized spacial score (nSPS) is 10.7. The molecule has 8 heteroatoms. The molecule has 0 spiro atoms. The van der Waals surface area contributed by atoms with E-state index in [1.54, 1.807) is 49.4 Å². The number of benzene rings is 3. The first-order chi connectivity index (χ1) is 26.8. The summed E-state index contributed by atoms with van der Waals surface area (Å²) in [6, 6.07) is 20.1. The summed E-state index contributed by atoms with van der Waals surface area (Å²) in [4.78, 5) is 23.5. The van der Waals surface area contributed by atoms with Crippen LogP contribution >= 0.6 is 0 Å². The molecule has 3 rings (SSSR count). The molecular formula is C47H70O8. The first-order valence-corrected chi connectivity index (χ1v) is 21.0. The third-order valence-corrected chi connectivity index (χ3v) is 9.36. The molecule has 0 atom stereocenters. The van der Waals surface area contributed by atoms with Gasteiger partial charge in [-0.15, -0.1) is 0 Å². The van der Waals surface area contributed by atoms with Gasteiger partial charge in [0.2, 0.25) is 0 Å². The summed E-state index contributed by atoms with van der Waals surface area (Å²) in [5, 5.41) is 17.4. The van der Waals surface area contributed by atoms with E-state index in [0.29, 0.717) is 42.4 Å². The third-order valence-electron chi connectivity index (χ3n) is 9.36. The molecule has 0 aromatic heterocycles. The first kappa shape index (κ1) is 47.3. The van der Waals surface area contributed by atoms with Crippen molar-refractivity contribution in [2.45, 2.75) is 149 Å². The Morgan fingerprint density at radius 3 is 1.25 bits per heavy atom. The third kappa shape index (κ3) is 24.3. The molecule has 306 valence electrons. The summed E-state index contributed by atoms with van der Waals surface area (Å²) < 4.78 is 22.0. The van der Waals surface area contributed by atoms with Crippen molar-refractivity contribution in [2.75, 3.05) is 26.4 Å². The molecule has 0 aliphatic heterocycles. The second kappa shape index (κ2) is 31.3. The van der Waals surface area contributed by atoms with Crippen LogP contribution in [0.2, 0.25) is 0 Å². The smallest absolute Gasteiger partial charge is 0.343 e. The molecule has 3 aromatic rings. The number of rotatable bonds is 29. The molecule has 0 radical (unpaired) electrons. The zero-order valence-corrected chi connectivity index (χ0v) is 34.2. The van der Waals surface area contributed by atoms with Crippen LogP contribution in [0.15, 0.2) is 66.7 Å². The molecule has 8 nitrogen and oxygen atoms in total. The fourth-order valence-electron chi connectivity index (χ4n) is 6.08. The second-order valence-corrected chi connectivity index (χ2v) is 14.5. The van der Waals surface area contributed by atoms with Crippen LogP contribution in [0.25, 0.3) is 0 Å². The monoisotopic (exact) mass is 763 g/mol. The number of aliphatic hydroxyl groups is 2. The first-order valence-electron chi connectivity index (χ1n) is 21.0. The van der Waals surface area contributed by atoms with Gasteiger partial charge in [-0.25, -0.2) is 4.79 Å². The fourth-order valence-corrected chi connectivity index (χ4v) is 6.08. The number of hydrogen-bond donors (Lipinski definition) is 2. The van der Waals surface area contributed by atoms with Gasteiger partial charge < -0.3 is 29.2 Å². The van der Waals surface area contributed by atoms with Gasteiger partial charge in [-0.1, -0.05) is 120 Å². The highest BCUT2D eigenvalue weighted by atomic mass is 16.5. The van der Waals surface area contributed by atoms with Crippen LogP contribution in [0.4, 0.5) is 0 Å². The summed E-state index contributed by atoms with van der Waals surface area (Å²) in [7, 11) is 0. The molecule has 3 aromatic carbocycles. The number of unbranched alkanes of at least 4 members (excludes halogenated alkanes) is 18. The Labute approximate surface area is 332 Å². The average Bonchev–Trinajstić information content (AvgIpc) is 3.17. The van der Waals surface area contributed by atoms with Crippen molar-refractivity contribution >= 4 is 11.9 Å². The van der Waals surface area contributed by atoms with Gasteiger partial charge in [-0.3, -0.25) is 4.79 Å². The molecular weight excluding hydrogens is 693 g/mol. The lowest BCUT2D eigenvalue weighted by Crippen LogP contribution is -2.09. The van der Waals surface area contributed by atoms with Crippen LogP contribution < -0.4 is 18.9 Å². The maximum absolute atomic E-state index is 12.5. The molecule has 0 unspecified atom stereocenters. The van der Waals surface area contributed by atoms with E-state index in [-0.39, 0.29) is 0 Å². The highest BCUT2D eigenvalue weighted by Gasteiger charge is 2.12. The summed E-state index contributed by atoms with van der Waals surface area (Å²) in [6.07, 6.45) is 24.4. The van der Waals surface area contributed by atoms with Gasteiger partial charge in [0, 0.05) is 20.1 Å². The van der Waals surface area contributed by atoms with Crippen LogP contribution in [0.1, 0.15) is 157 Å². The predicted octanol–water partition coefficient (Wildman–Crippen LogP) is 11.7. The number of hydrogen-bond acceptors (Lipinski definition) is 8. The van der Waals surface area contributed by atoms with E-state index in [0.717, 1.165) is 56.6 Å². The zero-order valence-electron chi connectivity index (χ0n) is 34.2. The Morgan fingerprint density at radius 1 is 0.473 bits per heavy atom. The lowest BCUT2D eigenvalue weighted by Gasteiger charge is -2.10. The van der Waals surface area contributed by atoms with E-state index >= 15 is 0 Å². The van der Waals surface area contributed by atoms with E-state index in [4.69, 9.17) is 29.2 Å². The number of aryl methyl sites for hydroxylation is 2. The van der Waals surface area contributed by atoms with E-state index in [1.807, 2.05) is 12.1 Å². The molecule has 0 aliphatic rings. The number of aliphatic hydroxyl groups excluding tert-OH is 2. The number of carbonyl (C=O) groups excluding carboxylic acids is 2. The van der Waals surface area contributed by atoms with Gasteiger partial charge in [-0.2, -0.15) is 0 Å². The molecule has 0 bridgehead atoms. The maximum Gasteiger partial charge on any atom is 0.343 e. The Hall–Kier alpha value is -3.88. The largest absolute Gasteiger partial charge is 0.494 e. The van der Waals surface area contributed by atoms with Crippen LogP contribution in [0.3, 0.4) is 0 Å². The topological polar surface area (TPSA) is 112 Å². The van der Waals surface area contributed by atoms with Gasteiger partial charge in [0.1, 0.15) is 23.0 Å². The van der Waals surface area contributed by atoms with Gasteiger partial charge in [0.15, 0.2) is 0 Å². The number of esters is 2. The molecule has 0 aliphatic carbocycles. The minimum atomic E-state index is -0.455. The van der Waals surface area contributed by atoms with Crippen LogP contribution in [0, 0.1) is 13.8 Å². The molecule has 0 saturated heterocycles. The summed E-state index contributed by atoms with van der Waals surface area (Å²) in [5.74, 6) is 1.70. The average molecular weight is 763 g/mol. The van der Waals surface area contributed by atoms with Crippen molar-refractivity contribution in [2.24, 2.45) is 0 Å². The van der Waals surface area contributed by atoms with Crippen molar-refractivity contribution in [1.29, 1.82) is 0 Å². The highest BCUT2D eigenvalue weighted by molar-refractivity contribution is 5.91. The Bertz CT molecular complexity index is 1400. The Morgan fingerprint density at radius 2 is 0.855 bits per heavy atom. The number of ether oxygens (including phenoxy) is 4. The molecule has 0 fully saturated rings. The lowest BCUT2D eigenvalue weighted by molar-refractivity contribution is -0.131. The van der Waals surface area contributed by atoms with Gasteiger partial charge in [0.25, 0.3) is 0 Å². The summed E-state index contributed by atoms with van der Waals surface area (Å²) in [6.45, 7) is 7.38. The molecule has 55 heavy (non-hydrogen) atoms. The van der Waals surface area contributed by atoms with Gasteiger partial charge in [0.05, 0.1) is 18.8 Å². The molecule has 2 N–H and O–H groups in total. The maximum atomic E-state index is 12.5. The van der Waals surface area contributed by atoms with E-state index in [2.05, 4.69) is 19.1 Å². The van der Waals surface area contributed by atoms with Gasteiger partial charge in [-0.05, 0) is 99.7 Å². The van der Waals surface area contributed by atoms with Crippen molar-refractivity contribution < 1.29 is 38.7 Å². The fraction of sp³-hybridized carbons (Fsp3) is 0.574. The highest BCUT2D eigenvalue weighted by Crippen LogP contribution is 2.25. The van der Waals surface area contributed by atoms with Gasteiger partial charge >= 0.3 is 11.9 Å². The van der Waals surface area contributed by atoms with Crippen molar-refractivity contribution in [3.63, 3.8) is 0 Å². The summed E-state index contributed by atoms with van der Waals surface area (Å²) >= 11 is 0. The minimum Gasteiger partial charge on any atom is -0.494 e. The van der Waals surface area contributed by atoms with Crippen LogP contribution in [0.5, 0.6) is 23.0 Å². The molecule has 0 heterocycles. The van der Waals surface area contributed by atoms with Crippen molar-refractivity contribution in [1.82, 2.24) is 0 Å². The number of carbonyl (C=O) groups is 2. The lowest BCUT2D eigenvalue weighted by atomic mass is 10.1. The molecule has 0 amide bonds. The Kier molecular flexibility index (Phi) is 26.9. The minimum absolute atomic E-state index is 0.314. The standard InChI is InChI=1S/C28H38O6.C19H32O2/c1-22-21-26(33-23(2)30)17-18-27(22)34-28(31)24-13-15-25(16-14-24)32-20-12-10-8-6-4-3-5-7-9-11-19-29;1-18-12-14-19(15-13-18)21-17-11-9-7-5-3-2-4-6-8-10-16-20/h13-18,21,29H,3-12,19-20H2,1-2H3;12-15,20H,2-11,16-17H2,1H3. The predicted molar refractivity (Wildman–Crippen MR) is 223 cm³/mol. The quantitative estimate of drug-likeness (QED) is 0.0408. The molecule has 0 saturated carbocycles. The van der Waals surface area contributed by atoms with Crippen LogP contribution in [-0.2, 0) is 4.79 Å². The Balaban J connectivity index is 0.000000426. The summed E-state index contributed by atoms with van der Waals surface area (Å²) in [5.41, 5.74) is 2.41. The van der Waals surface area contributed by atoms with E-state index < -0.39 is 11.9 Å². The SMILES string of the molecule is CC(=O)Oc1ccc(OC(=O)c2ccc(OCCCCCCCCCCCCO)cc2)c(C)c1.Cc1ccc(OCCCCCCCCCCCCO)cc1. The van der Waals surface area contributed by atoms with Crippen molar-refractivity contribution in [3.05, 3.63) is 83.4 Å². The van der Waals surface area contributed by atoms with E-state index in [1.165, 1.54) is 102 Å². The zero-order chi connectivity index (χ0) is 39.8. The van der Waals surface area contributed by atoms with Crippen molar-refractivity contribution in [3.8, 4) is 23.0 Å². The van der Waals surface area contributed by atoms with Crippen LogP contribution in [-0.4, -0.2) is 48.6 Å². The van der Waals surface area contributed by atoms with E-state index in [9.17, 15) is 9.59 Å².